The molecule has 0 aliphatic carbocycles. The molecule has 8 nitrogen and oxygen atoms in total. The van der Waals surface area contributed by atoms with Crippen molar-refractivity contribution >= 4 is 43.7 Å². The van der Waals surface area contributed by atoms with Gasteiger partial charge in [0.2, 0.25) is 0 Å². The van der Waals surface area contributed by atoms with Crippen LogP contribution in [0, 0.1) is 0 Å². The van der Waals surface area contributed by atoms with Gasteiger partial charge in [-0.15, -0.1) is 0 Å². The maximum atomic E-state index is 10.4. The van der Waals surface area contributed by atoms with Crippen molar-refractivity contribution < 1.29 is 97.1 Å². The fraction of sp³-hybridized carbons (Fsp3) is 1.00. The molecule has 0 saturated carbocycles. The molecule has 2 unspecified atom stereocenters. The van der Waals surface area contributed by atoms with E-state index in [2.05, 4.69) is 0 Å². The monoisotopic (exact) mass is 415 g/mol. The summed E-state index contributed by atoms with van der Waals surface area (Å²) in [5.74, 6) is -0.920. The molecule has 122 valence electrons. The van der Waals surface area contributed by atoms with E-state index < -0.39 is 58.1 Å². The first-order chi connectivity index (χ1) is 9.23. The van der Waals surface area contributed by atoms with Crippen LogP contribution in [0.4, 0.5) is 0 Å². The molecule has 0 saturated heterocycles. The van der Waals surface area contributed by atoms with Gasteiger partial charge in [0.05, 0.1) is 30.2 Å². The van der Waals surface area contributed by atoms with E-state index in [4.69, 9.17) is 4.55 Å². The van der Waals surface area contributed by atoms with E-state index in [1.807, 2.05) is 0 Å². The summed E-state index contributed by atoms with van der Waals surface area (Å²) in [5, 5.41) is 37.4. The van der Waals surface area contributed by atoms with E-state index in [0.717, 1.165) is 21.6 Å². The molecule has 0 bridgehead atoms. The molecule has 0 rings (SSSR count). The summed E-state index contributed by atoms with van der Waals surface area (Å²) in [6, 6.07) is 0. The predicted molar refractivity (Wildman–Crippen MR) is 78.4 cm³/mol. The maximum absolute atomic E-state index is 10.4. The first-order valence-electron chi connectivity index (χ1n) is 5.34. The average Bonchev–Trinajstić information content (AvgIpc) is 2.32. The number of aliphatic hydroxyl groups excluding tert-OH is 4. The van der Waals surface area contributed by atoms with Crippen LogP contribution < -0.4 is 59.1 Å². The van der Waals surface area contributed by atoms with Gasteiger partial charge < -0.3 is 29.5 Å². The Hall–Kier alpha value is 2.76. The molecule has 22 heavy (non-hydrogen) atoms. The van der Waals surface area contributed by atoms with Crippen molar-refractivity contribution in [1.82, 2.24) is 0 Å². The Balaban J connectivity index is -0.00000180. The molecule has 14 heteroatoms. The summed E-state index contributed by atoms with van der Waals surface area (Å²) in [6.07, 6.45) is -5.13. The molecule has 0 amide bonds. The Bertz CT molecular complexity index is 297. The molecule has 0 aliphatic rings. The summed E-state index contributed by atoms with van der Waals surface area (Å²) in [5.41, 5.74) is 0. The van der Waals surface area contributed by atoms with Crippen LogP contribution in [-0.2, 0) is 22.2 Å². The SMILES string of the molecule is O=S([O-])C[C@@H](O)[C@H](O)CSSC[C@@H](O)[C@H](O)CS(=O)O.[Na+].[Na+]. The second kappa shape index (κ2) is 17.2. The third kappa shape index (κ3) is 16.2. The molecule has 6 atom stereocenters. The zero-order valence-corrected chi connectivity index (χ0v) is 19.5. The second-order valence-corrected chi connectivity index (χ2v) is 8.27. The van der Waals surface area contributed by atoms with Gasteiger partial charge in [0.1, 0.15) is 0 Å². The number of rotatable bonds is 11. The van der Waals surface area contributed by atoms with Gasteiger partial charge in [-0.05, 0) is 0 Å². The molecule has 0 aromatic rings. The Morgan fingerprint density at radius 3 is 1.50 bits per heavy atom. The smallest absolute Gasteiger partial charge is 0.772 e. The van der Waals surface area contributed by atoms with Gasteiger partial charge in [-0.1, -0.05) is 32.7 Å². The first-order valence-corrected chi connectivity index (χ1v) is 10.3. The fourth-order valence-corrected chi connectivity index (χ4v) is 4.31. The van der Waals surface area contributed by atoms with Gasteiger partial charge in [-0.3, -0.25) is 4.21 Å². The van der Waals surface area contributed by atoms with E-state index in [-0.39, 0.29) is 70.6 Å². The van der Waals surface area contributed by atoms with Crippen molar-refractivity contribution in [1.29, 1.82) is 0 Å². The van der Waals surface area contributed by atoms with E-state index in [9.17, 15) is 33.4 Å². The van der Waals surface area contributed by atoms with Gasteiger partial charge in [-0.25, -0.2) is 4.21 Å². The third-order valence-electron chi connectivity index (χ3n) is 2.07. The molecule has 0 aromatic heterocycles. The van der Waals surface area contributed by atoms with Crippen LogP contribution in [0.2, 0.25) is 0 Å². The number of hydrogen-bond donors (Lipinski definition) is 5. The fourth-order valence-electron chi connectivity index (χ4n) is 0.965. The molecule has 0 radical (unpaired) electrons. The van der Waals surface area contributed by atoms with Crippen LogP contribution >= 0.6 is 21.6 Å². The molecule has 0 aliphatic heterocycles. The van der Waals surface area contributed by atoms with E-state index in [1.54, 1.807) is 0 Å². The van der Waals surface area contributed by atoms with Gasteiger partial charge in [-0.2, -0.15) is 0 Å². The van der Waals surface area contributed by atoms with Crippen molar-refractivity contribution in [3.63, 3.8) is 0 Å². The largest absolute Gasteiger partial charge is 1.00 e. The summed E-state index contributed by atoms with van der Waals surface area (Å²) in [7, 11) is 2.16. The Morgan fingerprint density at radius 1 is 0.818 bits per heavy atom. The minimum Gasteiger partial charge on any atom is -0.772 e. The Morgan fingerprint density at radius 2 is 1.18 bits per heavy atom. The van der Waals surface area contributed by atoms with Crippen molar-refractivity contribution in [3.05, 3.63) is 0 Å². The van der Waals surface area contributed by atoms with Crippen LogP contribution in [0.5, 0.6) is 0 Å². The average molecular weight is 415 g/mol. The third-order valence-corrected chi connectivity index (χ3v) is 5.75. The minimum atomic E-state index is -2.44. The quantitative estimate of drug-likeness (QED) is 0.0949. The summed E-state index contributed by atoms with van der Waals surface area (Å²) in [4.78, 5) is 0. The summed E-state index contributed by atoms with van der Waals surface area (Å²) < 4.78 is 39.6. The minimum absolute atomic E-state index is 0. The normalized spacial score (nSPS) is 19.0. The van der Waals surface area contributed by atoms with E-state index >= 15 is 0 Å². The second-order valence-electron chi connectivity index (χ2n) is 3.80. The van der Waals surface area contributed by atoms with E-state index in [1.165, 1.54) is 0 Å². The zero-order chi connectivity index (χ0) is 15.7. The standard InChI is InChI=1S/C8H18O8S4.2Na/c9-5(7(11)3-19(13)14)1-17-18-2-6(10)8(12)4-20(15)16;;/h5-12H,1-4H2,(H,13,14)(H,15,16);;/q;2*+1/p-1/t5-,6-,7-,8-;;/m1../s1. The molecular formula is C8H17Na2O8S4+. The van der Waals surface area contributed by atoms with Gasteiger partial charge >= 0.3 is 59.1 Å². The topological polar surface area (TPSA) is 158 Å². The molecule has 0 spiro atoms. The first kappa shape index (κ1) is 29.5. The van der Waals surface area contributed by atoms with E-state index in [0.29, 0.717) is 0 Å². The van der Waals surface area contributed by atoms with Crippen molar-refractivity contribution in [2.24, 2.45) is 0 Å². The maximum Gasteiger partial charge on any atom is 1.00 e. The molecular weight excluding hydrogens is 398 g/mol. The van der Waals surface area contributed by atoms with Gasteiger partial charge in [0, 0.05) is 17.3 Å². The van der Waals surface area contributed by atoms with Crippen LogP contribution in [0.3, 0.4) is 0 Å². The number of aliphatic hydroxyl groups is 4. The van der Waals surface area contributed by atoms with Gasteiger partial charge in [0.15, 0.2) is 11.1 Å². The van der Waals surface area contributed by atoms with Crippen molar-refractivity contribution in [3.8, 4) is 0 Å². The molecule has 5 N–H and O–H groups in total. The Labute approximate surface area is 186 Å². The van der Waals surface area contributed by atoms with Crippen molar-refractivity contribution in [2.75, 3.05) is 23.0 Å². The molecule has 0 aromatic carbocycles. The number of hydrogen-bond acceptors (Lipinski definition) is 9. The molecule has 0 fully saturated rings. The summed E-state index contributed by atoms with van der Waals surface area (Å²) in [6.45, 7) is 0. The van der Waals surface area contributed by atoms with Crippen LogP contribution in [0.1, 0.15) is 0 Å². The van der Waals surface area contributed by atoms with Crippen LogP contribution in [0.25, 0.3) is 0 Å². The molecule has 0 heterocycles. The van der Waals surface area contributed by atoms with Crippen LogP contribution in [0.15, 0.2) is 0 Å². The summed E-state index contributed by atoms with van der Waals surface area (Å²) >= 11 is -4.64. The van der Waals surface area contributed by atoms with Crippen LogP contribution in [-0.4, -0.2) is 85.4 Å². The Kier molecular flexibility index (Phi) is 23.1. The van der Waals surface area contributed by atoms with Gasteiger partial charge in [0.25, 0.3) is 0 Å². The van der Waals surface area contributed by atoms with Crippen molar-refractivity contribution in [2.45, 2.75) is 24.4 Å². The zero-order valence-electron chi connectivity index (χ0n) is 12.2. The predicted octanol–water partition coefficient (Wildman–Crippen LogP) is -8.08.